The first-order valence-corrected chi connectivity index (χ1v) is 4.45. The van der Waals surface area contributed by atoms with Gasteiger partial charge in [-0.2, -0.15) is 0 Å². The molecule has 0 aliphatic carbocycles. The summed E-state index contributed by atoms with van der Waals surface area (Å²) in [5.41, 5.74) is -1.82. The van der Waals surface area contributed by atoms with Crippen LogP contribution in [0.25, 0.3) is 0 Å². The number of benzene rings is 1. The van der Waals surface area contributed by atoms with Gasteiger partial charge in [-0.1, -0.05) is 0 Å². The lowest BCUT2D eigenvalue weighted by atomic mass is 10.1. The molecule has 0 saturated heterocycles. The fourth-order valence-corrected chi connectivity index (χ4v) is 1.13. The summed E-state index contributed by atoms with van der Waals surface area (Å²) in [5, 5.41) is 19.1. The highest BCUT2D eigenvalue weighted by Crippen LogP contribution is 2.28. The second-order valence-corrected chi connectivity index (χ2v) is 3.06. The quantitative estimate of drug-likeness (QED) is 0.650. The molecular weight excluding hydrogens is 259 g/mol. The van der Waals surface area contributed by atoms with E-state index in [-0.39, 0.29) is 0 Å². The number of aromatic carboxylic acids is 1. The van der Waals surface area contributed by atoms with Crippen LogP contribution < -0.4 is 4.74 Å². The monoisotopic (exact) mass is 265 g/mol. The number of alkyl halides is 2. The van der Waals surface area contributed by atoms with Crippen LogP contribution in [-0.4, -0.2) is 29.0 Å². The second kappa shape index (κ2) is 5.34. The maximum atomic E-state index is 13.2. The smallest absolute Gasteiger partial charge is 0.342 e. The lowest BCUT2D eigenvalue weighted by Gasteiger charge is -2.07. The molecule has 0 aliphatic heterocycles. The van der Waals surface area contributed by atoms with Gasteiger partial charge in [-0.15, -0.1) is 0 Å². The van der Waals surface area contributed by atoms with E-state index in [1.54, 1.807) is 0 Å². The Labute approximate surface area is 97.7 Å². The van der Waals surface area contributed by atoms with Crippen LogP contribution in [0.15, 0.2) is 12.1 Å². The number of nitrogens with zero attached hydrogens (tertiary/aromatic N) is 1. The third kappa shape index (κ3) is 3.09. The summed E-state index contributed by atoms with van der Waals surface area (Å²) in [6, 6.07) is 0.808. The molecule has 1 N–H and O–H groups in total. The minimum atomic E-state index is -2.88. The average Bonchev–Trinajstić information content (AvgIpc) is 2.26. The molecule has 18 heavy (non-hydrogen) atoms. The number of nitro groups is 1. The molecule has 0 unspecified atom stereocenters. The zero-order chi connectivity index (χ0) is 13.9. The van der Waals surface area contributed by atoms with Crippen LogP contribution in [0.5, 0.6) is 5.75 Å². The van der Waals surface area contributed by atoms with Crippen LogP contribution in [0.4, 0.5) is 18.9 Å². The molecule has 0 aromatic heterocycles. The van der Waals surface area contributed by atoms with Crippen LogP contribution in [0.3, 0.4) is 0 Å². The third-order valence-corrected chi connectivity index (χ3v) is 1.84. The molecule has 6 nitrogen and oxygen atoms in total. The van der Waals surface area contributed by atoms with Gasteiger partial charge in [-0.25, -0.2) is 18.0 Å². The summed E-state index contributed by atoms with van der Waals surface area (Å²) >= 11 is 0. The second-order valence-electron chi connectivity index (χ2n) is 3.06. The van der Waals surface area contributed by atoms with Gasteiger partial charge in [0.2, 0.25) is 0 Å². The fourth-order valence-electron chi connectivity index (χ4n) is 1.13. The normalized spacial score (nSPS) is 10.4. The molecule has 0 atom stereocenters. The van der Waals surface area contributed by atoms with Crippen molar-refractivity contribution in [1.29, 1.82) is 0 Å². The summed E-state index contributed by atoms with van der Waals surface area (Å²) in [6.07, 6.45) is -2.88. The lowest BCUT2D eigenvalue weighted by molar-refractivity contribution is -0.385. The number of carbonyl (C=O) groups is 1. The van der Waals surface area contributed by atoms with Crippen molar-refractivity contribution in [3.8, 4) is 5.75 Å². The Bertz CT molecular complexity index is 491. The molecular formula is C9H6F3NO5. The number of halogens is 3. The van der Waals surface area contributed by atoms with E-state index in [0.29, 0.717) is 12.1 Å². The maximum Gasteiger partial charge on any atom is 0.342 e. The number of carboxylic acid groups (broad SMARTS) is 1. The first-order valence-electron chi connectivity index (χ1n) is 4.45. The fraction of sp³-hybridized carbons (Fsp3) is 0.222. The molecule has 0 radical (unpaired) electrons. The number of carboxylic acids is 1. The van der Waals surface area contributed by atoms with Gasteiger partial charge in [0, 0.05) is 6.07 Å². The highest BCUT2D eigenvalue weighted by molar-refractivity contribution is 5.92. The van der Waals surface area contributed by atoms with E-state index in [4.69, 9.17) is 5.11 Å². The molecule has 9 heteroatoms. The average molecular weight is 265 g/mol. The van der Waals surface area contributed by atoms with Crippen LogP contribution in [0.2, 0.25) is 0 Å². The van der Waals surface area contributed by atoms with E-state index in [9.17, 15) is 28.1 Å². The molecule has 0 spiro atoms. The van der Waals surface area contributed by atoms with Crippen LogP contribution in [-0.2, 0) is 0 Å². The number of rotatable bonds is 5. The van der Waals surface area contributed by atoms with Crippen molar-refractivity contribution in [2.24, 2.45) is 0 Å². The summed E-state index contributed by atoms with van der Waals surface area (Å²) in [5.74, 6) is -3.76. The molecule has 1 rings (SSSR count). The summed E-state index contributed by atoms with van der Waals surface area (Å²) in [7, 11) is 0. The third-order valence-electron chi connectivity index (χ3n) is 1.84. The largest absolute Gasteiger partial charge is 0.485 e. The highest BCUT2D eigenvalue weighted by Gasteiger charge is 2.24. The molecule has 1 aromatic carbocycles. The molecule has 0 fully saturated rings. The van der Waals surface area contributed by atoms with Crippen molar-refractivity contribution in [3.05, 3.63) is 33.6 Å². The summed E-state index contributed by atoms with van der Waals surface area (Å²) < 4.78 is 41.2. The van der Waals surface area contributed by atoms with Gasteiger partial charge in [-0.05, 0) is 0 Å². The van der Waals surface area contributed by atoms with Crippen LogP contribution in [0, 0.1) is 15.9 Å². The van der Waals surface area contributed by atoms with Crippen LogP contribution in [0.1, 0.15) is 10.4 Å². The number of hydrogen-bond donors (Lipinski definition) is 1. The maximum absolute atomic E-state index is 13.2. The van der Waals surface area contributed by atoms with Crippen molar-refractivity contribution < 1.29 is 32.7 Å². The van der Waals surface area contributed by atoms with E-state index in [1.807, 2.05) is 0 Å². The molecule has 0 heterocycles. The standard InChI is InChI=1S/C9H6F3NO5/c10-5-2-6(13(16)17)4(9(14)15)1-7(5)18-3-8(11)12/h1-2,8H,3H2,(H,14,15). The van der Waals surface area contributed by atoms with Gasteiger partial charge in [0.05, 0.1) is 11.0 Å². The predicted octanol–water partition coefficient (Wildman–Crippen LogP) is 2.08. The Morgan fingerprint density at radius 3 is 2.56 bits per heavy atom. The number of ether oxygens (including phenoxy) is 1. The van der Waals surface area contributed by atoms with Crippen molar-refractivity contribution in [1.82, 2.24) is 0 Å². The van der Waals surface area contributed by atoms with E-state index in [2.05, 4.69) is 4.74 Å². The highest BCUT2D eigenvalue weighted by atomic mass is 19.3. The zero-order valence-electron chi connectivity index (χ0n) is 8.60. The topological polar surface area (TPSA) is 89.7 Å². The zero-order valence-corrected chi connectivity index (χ0v) is 8.60. The van der Waals surface area contributed by atoms with Gasteiger partial charge in [0.1, 0.15) is 12.2 Å². The summed E-state index contributed by atoms with van der Waals surface area (Å²) in [4.78, 5) is 20.1. The molecule has 98 valence electrons. The SMILES string of the molecule is O=C(O)c1cc(OCC(F)F)c(F)cc1[N+](=O)[O-]. The van der Waals surface area contributed by atoms with E-state index in [0.717, 1.165) is 0 Å². The minimum Gasteiger partial charge on any atom is -0.485 e. The van der Waals surface area contributed by atoms with Crippen molar-refractivity contribution >= 4 is 11.7 Å². The van der Waals surface area contributed by atoms with Crippen molar-refractivity contribution in [3.63, 3.8) is 0 Å². The Morgan fingerprint density at radius 1 is 1.50 bits per heavy atom. The summed E-state index contributed by atoms with van der Waals surface area (Å²) in [6.45, 7) is -1.15. The Hall–Kier alpha value is -2.32. The predicted molar refractivity (Wildman–Crippen MR) is 51.5 cm³/mol. The molecule has 0 bridgehead atoms. The molecule has 0 aliphatic rings. The van der Waals surface area contributed by atoms with Gasteiger partial charge in [0.25, 0.3) is 12.1 Å². The van der Waals surface area contributed by atoms with Crippen molar-refractivity contribution in [2.45, 2.75) is 6.43 Å². The first kappa shape index (κ1) is 13.7. The van der Waals surface area contributed by atoms with Gasteiger partial charge < -0.3 is 9.84 Å². The van der Waals surface area contributed by atoms with Crippen molar-refractivity contribution in [2.75, 3.05) is 6.61 Å². The number of hydrogen-bond acceptors (Lipinski definition) is 4. The number of nitro benzene ring substituents is 1. The van der Waals surface area contributed by atoms with E-state index < -0.39 is 46.7 Å². The Kier molecular flexibility index (Phi) is 4.08. The Balaban J connectivity index is 3.19. The molecule has 0 amide bonds. The van der Waals surface area contributed by atoms with E-state index >= 15 is 0 Å². The van der Waals surface area contributed by atoms with E-state index in [1.165, 1.54) is 0 Å². The molecule has 1 aromatic rings. The van der Waals surface area contributed by atoms with Gasteiger partial charge in [-0.3, -0.25) is 10.1 Å². The van der Waals surface area contributed by atoms with Gasteiger partial charge in [0.15, 0.2) is 11.6 Å². The minimum absolute atomic E-state index is 0.310. The van der Waals surface area contributed by atoms with Gasteiger partial charge >= 0.3 is 5.97 Å². The lowest BCUT2D eigenvalue weighted by Crippen LogP contribution is -2.10. The Morgan fingerprint density at radius 2 is 2.11 bits per heavy atom. The molecule has 0 saturated carbocycles. The van der Waals surface area contributed by atoms with Crippen LogP contribution >= 0.6 is 0 Å². The first-order chi connectivity index (χ1) is 8.32.